The molecule has 1 aromatic carbocycles. The molecular formula is C12H15BrF2N2O3S. The number of sulfonamides is 1. The Labute approximate surface area is 130 Å². The Morgan fingerprint density at radius 3 is 2.33 bits per heavy atom. The molecule has 118 valence electrons. The van der Waals surface area contributed by atoms with Crippen LogP contribution in [0.3, 0.4) is 0 Å². The summed E-state index contributed by atoms with van der Waals surface area (Å²) in [5.74, 6) is -2.72. The van der Waals surface area contributed by atoms with Gasteiger partial charge in [0.2, 0.25) is 15.9 Å². The van der Waals surface area contributed by atoms with Gasteiger partial charge in [0, 0.05) is 16.1 Å². The number of hydrogen-bond acceptors (Lipinski definition) is 3. The number of hydrogen-bond donors (Lipinski definition) is 2. The van der Waals surface area contributed by atoms with Crippen LogP contribution in [0, 0.1) is 11.6 Å². The van der Waals surface area contributed by atoms with Crippen molar-refractivity contribution in [2.75, 3.05) is 6.54 Å². The number of halogens is 3. The zero-order valence-electron chi connectivity index (χ0n) is 11.6. The fourth-order valence-electron chi connectivity index (χ4n) is 1.48. The summed E-state index contributed by atoms with van der Waals surface area (Å²) in [5.41, 5.74) is -0.524. The van der Waals surface area contributed by atoms with Crippen LogP contribution in [-0.4, -0.2) is 26.4 Å². The lowest BCUT2D eigenvalue weighted by Gasteiger charge is -2.20. The van der Waals surface area contributed by atoms with E-state index in [9.17, 15) is 22.0 Å². The van der Waals surface area contributed by atoms with E-state index < -0.39 is 44.5 Å². The molecular weight excluding hydrogens is 370 g/mol. The maximum atomic E-state index is 13.6. The molecule has 1 amide bonds. The zero-order chi connectivity index (χ0) is 16.4. The van der Waals surface area contributed by atoms with Crippen LogP contribution in [0.15, 0.2) is 21.5 Å². The molecule has 0 aromatic heterocycles. The predicted molar refractivity (Wildman–Crippen MR) is 77.1 cm³/mol. The largest absolute Gasteiger partial charge is 0.350 e. The maximum absolute atomic E-state index is 13.6. The van der Waals surface area contributed by atoms with Crippen LogP contribution in [-0.2, 0) is 14.8 Å². The highest BCUT2D eigenvalue weighted by atomic mass is 79.9. The molecule has 5 nitrogen and oxygen atoms in total. The van der Waals surface area contributed by atoms with Crippen molar-refractivity contribution in [3.63, 3.8) is 0 Å². The fraction of sp³-hybridized carbons (Fsp3) is 0.417. The summed E-state index contributed by atoms with van der Waals surface area (Å²) >= 11 is 2.79. The quantitative estimate of drug-likeness (QED) is 0.832. The molecule has 1 aromatic rings. The van der Waals surface area contributed by atoms with E-state index in [0.29, 0.717) is 6.07 Å². The molecule has 0 heterocycles. The van der Waals surface area contributed by atoms with E-state index in [4.69, 9.17) is 0 Å². The molecule has 0 aliphatic carbocycles. The first-order chi connectivity index (χ1) is 9.42. The number of carbonyl (C=O) groups excluding carboxylic acids is 1. The van der Waals surface area contributed by atoms with Crippen LogP contribution in [0.1, 0.15) is 20.8 Å². The van der Waals surface area contributed by atoms with Gasteiger partial charge in [-0.2, -0.15) is 0 Å². The summed E-state index contributed by atoms with van der Waals surface area (Å²) in [6.07, 6.45) is 0. The predicted octanol–water partition coefficient (Wildman–Crippen LogP) is 1.92. The standard InChI is InChI=1S/C12H15BrF2N2O3S/c1-12(2,3)17-10(18)6-16-21(19,20)11-8(13)4-7(14)5-9(11)15/h4-5,16H,6H2,1-3H3,(H,17,18). The number of benzene rings is 1. The van der Waals surface area contributed by atoms with Crippen LogP contribution in [0.5, 0.6) is 0 Å². The van der Waals surface area contributed by atoms with Gasteiger partial charge in [-0.05, 0) is 42.8 Å². The van der Waals surface area contributed by atoms with Crippen LogP contribution >= 0.6 is 15.9 Å². The molecule has 9 heteroatoms. The van der Waals surface area contributed by atoms with Gasteiger partial charge >= 0.3 is 0 Å². The van der Waals surface area contributed by atoms with Crippen molar-refractivity contribution in [1.29, 1.82) is 0 Å². The van der Waals surface area contributed by atoms with Gasteiger partial charge in [0.05, 0.1) is 6.54 Å². The molecule has 0 fully saturated rings. The SMILES string of the molecule is CC(C)(C)NC(=O)CNS(=O)(=O)c1c(F)cc(F)cc1Br. The Bertz CT molecular complexity index is 634. The second-order valence-electron chi connectivity index (χ2n) is 5.32. The van der Waals surface area contributed by atoms with E-state index in [1.807, 2.05) is 4.72 Å². The second kappa shape index (κ2) is 6.37. The monoisotopic (exact) mass is 384 g/mol. The van der Waals surface area contributed by atoms with Gasteiger partial charge in [0.15, 0.2) is 0 Å². The number of rotatable bonds is 4. The fourth-order valence-corrected chi connectivity index (χ4v) is 3.62. The van der Waals surface area contributed by atoms with Gasteiger partial charge in [0.25, 0.3) is 0 Å². The second-order valence-corrected chi connectivity index (χ2v) is 7.88. The number of amides is 1. The van der Waals surface area contributed by atoms with E-state index in [1.54, 1.807) is 20.8 Å². The van der Waals surface area contributed by atoms with Gasteiger partial charge in [-0.25, -0.2) is 21.9 Å². The lowest BCUT2D eigenvalue weighted by Crippen LogP contribution is -2.45. The molecule has 21 heavy (non-hydrogen) atoms. The maximum Gasteiger partial charge on any atom is 0.245 e. The Hall–Kier alpha value is -1.06. The summed E-state index contributed by atoms with van der Waals surface area (Å²) in [7, 11) is -4.29. The van der Waals surface area contributed by atoms with Gasteiger partial charge in [-0.3, -0.25) is 4.79 Å². The minimum Gasteiger partial charge on any atom is -0.350 e. The van der Waals surface area contributed by atoms with E-state index in [0.717, 1.165) is 6.07 Å². The van der Waals surface area contributed by atoms with Gasteiger partial charge < -0.3 is 5.32 Å². The van der Waals surface area contributed by atoms with Crippen molar-refractivity contribution in [2.45, 2.75) is 31.2 Å². The first kappa shape index (κ1) is 18.0. The van der Waals surface area contributed by atoms with Crippen molar-refractivity contribution < 1.29 is 22.0 Å². The van der Waals surface area contributed by atoms with E-state index >= 15 is 0 Å². The van der Waals surface area contributed by atoms with Crippen molar-refractivity contribution in [2.24, 2.45) is 0 Å². The Kier molecular flexibility index (Phi) is 5.46. The highest BCUT2D eigenvalue weighted by Gasteiger charge is 2.25. The summed E-state index contributed by atoms with van der Waals surface area (Å²) < 4.78 is 52.2. The highest BCUT2D eigenvalue weighted by Crippen LogP contribution is 2.25. The topological polar surface area (TPSA) is 75.3 Å². The van der Waals surface area contributed by atoms with Crippen molar-refractivity contribution in [1.82, 2.24) is 10.0 Å². The highest BCUT2D eigenvalue weighted by molar-refractivity contribution is 9.10. The summed E-state index contributed by atoms with van der Waals surface area (Å²) in [6.45, 7) is 4.64. The normalized spacial score (nSPS) is 12.3. The molecule has 0 atom stereocenters. The molecule has 0 radical (unpaired) electrons. The van der Waals surface area contributed by atoms with Gasteiger partial charge in [-0.1, -0.05) is 0 Å². The van der Waals surface area contributed by atoms with Crippen molar-refractivity contribution in [3.8, 4) is 0 Å². The smallest absolute Gasteiger partial charge is 0.245 e. The third kappa shape index (κ3) is 5.33. The molecule has 0 saturated carbocycles. The van der Waals surface area contributed by atoms with Gasteiger partial charge in [0.1, 0.15) is 16.5 Å². The Morgan fingerprint density at radius 2 is 1.86 bits per heavy atom. The molecule has 0 aliphatic rings. The molecule has 1 rings (SSSR count). The Balaban J connectivity index is 2.91. The summed E-state index contributed by atoms with van der Waals surface area (Å²) in [6, 6.07) is 1.28. The average molecular weight is 385 g/mol. The summed E-state index contributed by atoms with van der Waals surface area (Å²) in [5, 5.41) is 2.55. The van der Waals surface area contributed by atoms with Crippen LogP contribution in [0.4, 0.5) is 8.78 Å². The minimum absolute atomic E-state index is 0.260. The van der Waals surface area contributed by atoms with Gasteiger partial charge in [-0.15, -0.1) is 0 Å². The molecule has 2 N–H and O–H groups in total. The summed E-state index contributed by atoms with van der Waals surface area (Å²) in [4.78, 5) is 10.8. The third-order valence-corrected chi connectivity index (χ3v) is 4.53. The first-order valence-corrected chi connectivity index (χ1v) is 8.15. The number of nitrogens with one attached hydrogen (secondary N) is 2. The van der Waals surface area contributed by atoms with Crippen molar-refractivity contribution >= 4 is 31.9 Å². The lowest BCUT2D eigenvalue weighted by molar-refractivity contribution is -0.121. The average Bonchev–Trinajstić information content (AvgIpc) is 2.22. The third-order valence-electron chi connectivity index (χ3n) is 2.17. The molecule has 0 bridgehead atoms. The van der Waals surface area contributed by atoms with Crippen LogP contribution < -0.4 is 10.0 Å². The Morgan fingerprint density at radius 1 is 1.29 bits per heavy atom. The van der Waals surface area contributed by atoms with Crippen molar-refractivity contribution in [3.05, 3.63) is 28.2 Å². The van der Waals surface area contributed by atoms with Crippen LogP contribution in [0.25, 0.3) is 0 Å². The minimum atomic E-state index is -4.29. The van der Waals surface area contributed by atoms with E-state index in [-0.39, 0.29) is 4.47 Å². The molecule has 0 unspecified atom stereocenters. The molecule has 0 saturated heterocycles. The van der Waals surface area contributed by atoms with E-state index in [1.165, 1.54) is 0 Å². The molecule has 0 aliphatic heterocycles. The molecule has 0 spiro atoms. The van der Waals surface area contributed by atoms with Crippen LogP contribution in [0.2, 0.25) is 0 Å². The van der Waals surface area contributed by atoms with E-state index in [2.05, 4.69) is 21.2 Å². The number of carbonyl (C=O) groups is 1. The first-order valence-electron chi connectivity index (χ1n) is 5.87. The zero-order valence-corrected chi connectivity index (χ0v) is 14.0. The lowest BCUT2D eigenvalue weighted by atomic mass is 10.1.